The van der Waals surface area contributed by atoms with E-state index in [0.717, 1.165) is 20.8 Å². The van der Waals surface area contributed by atoms with Gasteiger partial charge < -0.3 is 20.7 Å². The lowest BCUT2D eigenvalue weighted by Gasteiger charge is -2.27. The Morgan fingerprint density at radius 1 is 0.975 bits per heavy atom. The van der Waals surface area contributed by atoms with E-state index < -0.39 is 29.8 Å². The molecule has 3 amide bonds. The lowest BCUT2D eigenvalue weighted by molar-refractivity contribution is -0.134. The first-order valence-corrected chi connectivity index (χ1v) is 13.7. The number of amides is 3. The van der Waals surface area contributed by atoms with Gasteiger partial charge in [-0.2, -0.15) is 0 Å². The van der Waals surface area contributed by atoms with Crippen LogP contribution in [0.15, 0.2) is 89.4 Å². The van der Waals surface area contributed by atoms with Crippen molar-refractivity contribution in [1.29, 1.82) is 0 Å². The number of para-hydroxylation sites is 3. The number of fused-ring (bicyclic) bond motifs is 2. The molecule has 0 bridgehead atoms. The zero-order valence-electron chi connectivity index (χ0n) is 22.1. The number of halogens is 1. The fourth-order valence-electron chi connectivity index (χ4n) is 4.93. The zero-order valence-corrected chi connectivity index (χ0v) is 23.7. The van der Waals surface area contributed by atoms with Crippen LogP contribution in [0, 0.1) is 0 Å². The van der Waals surface area contributed by atoms with Crippen molar-refractivity contribution in [3.63, 3.8) is 0 Å². The van der Waals surface area contributed by atoms with Gasteiger partial charge in [-0.3, -0.25) is 19.3 Å². The fraction of sp³-hybridized carbons (Fsp3) is 0.194. The van der Waals surface area contributed by atoms with Crippen molar-refractivity contribution in [2.75, 3.05) is 16.9 Å². The molecule has 1 heterocycles. The molecule has 3 N–H and O–H groups in total. The van der Waals surface area contributed by atoms with Gasteiger partial charge in [0.25, 0.3) is 11.8 Å². The molecule has 2 atom stereocenters. The molecule has 0 saturated carbocycles. The summed E-state index contributed by atoms with van der Waals surface area (Å²) in [5, 5.41) is 4.51. The third kappa shape index (κ3) is 5.05. The Bertz CT molecular complexity index is 1590. The van der Waals surface area contributed by atoms with Crippen molar-refractivity contribution in [2.24, 2.45) is 5.73 Å². The van der Waals surface area contributed by atoms with E-state index in [2.05, 4.69) is 21.2 Å². The molecular formula is C31H29BrN4O4. The highest BCUT2D eigenvalue weighted by Gasteiger charge is 2.42. The highest BCUT2D eigenvalue weighted by atomic mass is 79.9. The number of hydrogen-bond acceptors (Lipinski definition) is 5. The fourth-order valence-corrected chi connectivity index (χ4v) is 5.31. The minimum Gasteiger partial charge on any atom is -0.496 e. The van der Waals surface area contributed by atoms with Crippen LogP contribution in [0.4, 0.5) is 17.1 Å². The van der Waals surface area contributed by atoms with Gasteiger partial charge in [-0.25, -0.2) is 0 Å². The van der Waals surface area contributed by atoms with Gasteiger partial charge in [-0.15, -0.1) is 0 Å². The third-order valence-electron chi connectivity index (χ3n) is 7.06. The molecule has 204 valence electrons. The number of nitrogens with one attached hydrogen (secondary N) is 1. The Kier molecular flexibility index (Phi) is 7.86. The first kappa shape index (κ1) is 27.4. The third-order valence-corrected chi connectivity index (χ3v) is 7.55. The van der Waals surface area contributed by atoms with Crippen molar-refractivity contribution >= 4 is 61.5 Å². The minimum absolute atomic E-state index is 0.0973. The van der Waals surface area contributed by atoms with Crippen LogP contribution in [0.1, 0.15) is 18.9 Å². The van der Waals surface area contributed by atoms with Crippen LogP contribution < -0.4 is 25.6 Å². The van der Waals surface area contributed by atoms with E-state index in [-0.39, 0.29) is 6.54 Å². The summed E-state index contributed by atoms with van der Waals surface area (Å²) in [6.07, 6.45) is 0.357. The number of ether oxygens (including phenoxy) is 1. The van der Waals surface area contributed by atoms with Crippen LogP contribution in [0.25, 0.3) is 10.8 Å². The maximum absolute atomic E-state index is 14.3. The highest BCUT2D eigenvalue weighted by molar-refractivity contribution is 9.10. The molecule has 0 aliphatic carbocycles. The summed E-state index contributed by atoms with van der Waals surface area (Å²) in [4.78, 5) is 44.4. The second-order valence-corrected chi connectivity index (χ2v) is 10.4. The van der Waals surface area contributed by atoms with Gasteiger partial charge in [0.15, 0.2) is 6.04 Å². The molecule has 4 aromatic carbocycles. The summed E-state index contributed by atoms with van der Waals surface area (Å²) >= 11 is 3.53. The van der Waals surface area contributed by atoms with E-state index in [0.29, 0.717) is 29.2 Å². The predicted molar refractivity (Wildman–Crippen MR) is 160 cm³/mol. The Hall–Kier alpha value is -4.21. The molecule has 1 aliphatic rings. The summed E-state index contributed by atoms with van der Waals surface area (Å²) in [7, 11) is 1.58. The molecule has 1 unspecified atom stereocenters. The second kappa shape index (κ2) is 11.5. The number of benzene rings is 4. The topological polar surface area (TPSA) is 105 Å². The van der Waals surface area contributed by atoms with E-state index in [1.165, 1.54) is 9.80 Å². The Morgan fingerprint density at radius 2 is 1.68 bits per heavy atom. The Morgan fingerprint density at radius 3 is 2.38 bits per heavy atom. The summed E-state index contributed by atoms with van der Waals surface area (Å²) in [5.74, 6) is -1.11. The molecule has 0 aromatic heterocycles. The molecule has 0 spiro atoms. The number of carbonyl (C=O) groups is 3. The normalized spacial score (nSPS) is 15.9. The van der Waals surface area contributed by atoms with Crippen molar-refractivity contribution in [3.8, 4) is 5.75 Å². The Labute approximate surface area is 240 Å². The van der Waals surface area contributed by atoms with Crippen LogP contribution in [-0.2, 0) is 20.9 Å². The molecule has 0 radical (unpaired) electrons. The van der Waals surface area contributed by atoms with Crippen LogP contribution >= 0.6 is 15.9 Å². The lowest BCUT2D eigenvalue weighted by atomic mass is 10.0. The van der Waals surface area contributed by atoms with E-state index in [1.807, 2.05) is 60.7 Å². The monoisotopic (exact) mass is 600 g/mol. The van der Waals surface area contributed by atoms with Crippen molar-refractivity contribution < 1.29 is 19.1 Å². The molecule has 4 aromatic rings. The summed E-state index contributed by atoms with van der Waals surface area (Å²) < 4.78 is 6.64. The molecule has 1 aliphatic heterocycles. The number of nitrogens with zero attached hydrogens (tertiary/aromatic N) is 2. The van der Waals surface area contributed by atoms with Crippen molar-refractivity contribution in [3.05, 3.63) is 95.0 Å². The summed E-state index contributed by atoms with van der Waals surface area (Å²) in [6, 6.07) is 23.6. The van der Waals surface area contributed by atoms with Crippen molar-refractivity contribution in [1.82, 2.24) is 5.32 Å². The predicted octanol–water partition coefficient (Wildman–Crippen LogP) is 5.04. The number of hydrogen-bond donors (Lipinski definition) is 2. The van der Waals surface area contributed by atoms with Gasteiger partial charge in [-0.05, 0) is 59.7 Å². The average Bonchev–Trinajstić information content (AvgIpc) is 3.05. The van der Waals surface area contributed by atoms with E-state index in [9.17, 15) is 14.4 Å². The molecule has 40 heavy (non-hydrogen) atoms. The molecule has 0 saturated heterocycles. The van der Waals surface area contributed by atoms with Crippen LogP contribution in [0.2, 0.25) is 0 Å². The Balaban J connectivity index is 1.70. The maximum Gasteiger partial charge on any atom is 0.264 e. The van der Waals surface area contributed by atoms with E-state index >= 15 is 0 Å². The van der Waals surface area contributed by atoms with Gasteiger partial charge in [-0.1, -0.05) is 65.3 Å². The van der Waals surface area contributed by atoms with Gasteiger partial charge in [0.2, 0.25) is 5.91 Å². The van der Waals surface area contributed by atoms with Gasteiger partial charge in [0, 0.05) is 15.7 Å². The number of rotatable bonds is 7. The first-order chi connectivity index (χ1) is 19.3. The molecule has 9 heteroatoms. The van der Waals surface area contributed by atoms with Gasteiger partial charge in [0.1, 0.15) is 5.75 Å². The standard InChI is InChI=1S/C31H29BrN4O4/c1-3-24(33)29(37)34-28-30(38)35(18-23-22-15-14-20(32)17-19(22)13-16-27(23)40-2)25-11-7-8-12-26(25)36(31(28)39)21-9-5-4-6-10-21/h4-17,24,28H,3,18,33H2,1-2H3,(H,34,37)/t24-,28?/m0/s1. The SMILES string of the molecule is CC[C@H](N)C(=O)NC1C(=O)N(Cc2c(OC)ccc3cc(Br)ccc23)c2ccccc2N(c2ccccc2)C1=O. The first-order valence-electron chi connectivity index (χ1n) is 12.9. The van der Waals surface area contributed by atoms with Crippen LogP contribution in [0.5, 0.6) is 5.75 Å². The van der Waals surface area contributed by atoms with E-state index in [1.54, 1.807) is 38.3 Å². The zero-order chi connectivity index (χ0) is 28.4. The maximum atomic E-state index is 14.3. The van der Waals surface area contributed by atoms with Crippen LogP contribution in [0.3, 0.4) is 0 Å². The number of methoxy groups -OCH3 is 1. The number of anilines is 3. The molecular weight excluding hydrogens is 572 g/mol. The van der Waals surface area contributed by atoms with Gasteiger partial charge in [0.05, 0.1) is 31.1 Å². The van der Waals surface area contributed by atoms with Gasteiger partial charge >= 0.3 is 0 Å². The summed E-state index contributed by atoms with van der Waals surface area (Å²) in [6.45, 7) is 1.87. The number of carbonyl (C=O) groups excluding carboxylic acids is 3. The molecule has 5 rings (SSSR count). The highest BCUT2D eigenvalue weighted by Crippen LogP contribution is 2.40. The quantitative estimate of drug-likeness (QED) is 0.289. The second-order valence-electron chi connectivity index (χ2n) is 9.49. The minimum atomic E-state index is -1.49. The van der Waals surface area contributed by atoms with Crippen LogP contribution in [-0.4, -0.2) is 36.9 Å². The molecule has 8 nitrogen and oxygen atoms in total. The number of nitrogens with two attached hydrogens (primary N) is 1. The largest absolute Gasteiger partial charge is 0.496 e. The average molecular weight is 602 g/mol. The smallest absolute Gasteiger partial charge is 0.264 e. The van der Waals surface area contributed by atoms with E-state index in [4.69, 9.17) is 10.5 Å². The summed E-state index contributed by atoms with van der Waals surface area (Å²) in [5.41, 5.74) is 8.37. The molecule has 0 fully saturated rings. The lowest BCUT2D eigenvalue weighted by Crippen LogP contribution is -2.57. The van der Waals surface area contributed by atoms with Crippen molar-refractivity contribution in [2.45, 2.75) is 32.0 Å².